The second kappa shape index (κ2) is 5.32. The second-order valence-electron chi connectivity index (χ2n) is 4.12. The van der Waals surface area contributed by atoms with Crippen LogP contribution in [0, 0.1) is 0 Å². The van der Waals surface area contributed by atoms with Gasteiger partial charge in [0.1, 0.15) is 0 Å². The predicted molar refractivity (Wildman–Crippen MR) is 73.6 cm³/mol. The average molecular weight is 292 g/mol. The van der Waals surface area contributed by atoms with Crippen LogP contribution in [0.15, 0.2) is 47.4 Å². The lowest BCUT2D eigenvalue weighted by molar-refractivity contribution is 0.845. The fourth-order valence-electron chi connectivity index (χ4n) is 1.81. The van der Waals surface area contributed by atoms with Crippen molar-refractivity contribution in [2.24, 2.45) is 7.05 Å². The highest BCUT2D eigenvalue weighted by atomic mass is 79.9. The van der Waals surface area contributed by atoms with Crippen LogP contribution in [-0.2, 0) is 18.8 Å². The summed E-state index contributed by atoms with van der Waals surface area (Å²) in [7, 11) is 1.78. The summed E-state index contributed by atoms with van der Waals surface area (Å²) in [6.45, 7) is 0. The molecule has 2 nitrogen and oxygen atoms in total. The van der Waals surface area contributed by atoms with Crippen LogP contribution in [0.2, 0.25) is 0 Å². The summed E-state index contributed by atoms with van der Waals surface area (Å²) >= 11 is 3.45. The maximum atomic E-state index is 11.3. The first-order valence-electron chi connectivity index (χ1n) is 5.48. The molecule has 1 heterocycles. The molecule has 1 aromatic heterocycles. The minimum atomic E-state index is 0.0305. The lowest BCUT2D eigenvalue weighted by Crippen LogP contribution is -2.14. The van der Waals surface area contributed by atoms with Gasteiger partial charge in [-0.25, -0.2) is 0 Å². The van der Waals surface area contributed by atoms with E-state index in [1.165, 1.54) is 11.1 Å². The Labute approximate surface area is 109 Å². The maximum Gasteiger partial charge on any atom is 0.250 e. The smallest absolute Gasteiger partial charge is 0.250 e. The van der Waals surface area contributed by atoms with Gasteiger partial charge in [0.05, 0.1) is 0 Å². The summed E-state index contributed by atoms with van der Waals surface area (Å²) in [4.78, 5) is 11.3. The van der Waals surface area contributed by atoms with E-state index in [1.54, 1.807) is 17.7 Å². The van der Waals surface area contributed by atoms with Gasteiger partial charge < -0.3 is 4.57 Å². The molecule has 0 radical (unpaired) electrons. The van der Waals surface area contributed by atoms with Crippen LogP contribution in [0.3, 0.4) is 0 Å². The van der Waals surface area contributed by atoms with E-state index in [2.05, 4.69) is 40.2 Å². The van der Waals surface area contributed by atoms with Gasteiger partial charge in [-0.3, -0.25) is 4.79 Å². The highest BCUT2D eigenvalue weighted by Crippen LogP contribution is 2.12. The Hall–Kier alpha value is -1.35. The molecule has 0 spiro atoms. The van der Waals surface area contributed by atoms with Crippen molar-refractivity contribution in [2.45, 2.75) is 11.8 Å². The molecule has 2 aromatic rings. The normalized spacial score (nSPS) is 10.5. The van der Waals surface area contributed by atoms with Crippen molar-refractivity contribution in [3.8, 4) is 0 Å². The van der Waals surface area contributed by atoms with Gasteiger partial charge in [0.2, 0.25) is 5.56 Å². The van der Waals surface area contributed by atoms with Crippen molar-refractivity contribution in [1.29, 1.82) is 0 Å². The Balaban J connectivity index is 2.25. The standard InChI is InChI=1S/C14H14BrNO/c1-16-10-13(5-6-14(16)17)8-11-3-2-4-12(7-11)9-15/h2-7,10H,8-9H2,1H3. The number of nitrogens with zero attached hydrogens (tertiary/aromatic N) is 1. The van der Waals surface area contributed by atoms with Gasteiger partial charge in [-0.2, -0.15) is 0 Å². The summed E-state index contributed by atoms with van der Waals surface area (Å²) in [5.74, 6) is 0. The van der Waals surface area contributed by atoms with E-state index < -0.39 is 0 Å². The fourth-order valence-corrected chi connectivity index (χ4v) is 2.16. The fraction of sp³-hybridized carbons (Fsp3) is 0.214. The molecule has 0 aliphatic carbocycles. The lowest BCUT2D eigenvalue weighted by atomic mass is 10.0. The average Bonchev–Trinajstić information content (AvgIpc) is 2.34. The summed E-state index contributed by atoms with van der Waals surface area (Å²) in [5, 5.41) is 0.869. The first-order valence-corrected chi connectivity index (χ1v) is 6.60. The molecule has 0 aliphatic rings. The van der Waals surface area contributed by atoms with Crippen molar-refractivity contribution in [1.82, 2.24) is 4.57 Å². The molecule has 0 atom stereocenters. The second-order valence-corrected chi connectivity index (χ2v) is 4.68. The van der Waals surface area contributed by atoms with Crippen molar-refractivity contribution >= 4 is 15.9 Å². The van der Waals surface area contributed by atoms with E-state index >= 15 is 0 Å². The quantitative estimate of drug-likeness (QED) is 0.797. The molecule has 0 N–H and O–H groups in total. The number of aryl methyl sites for hydroxylation is 1. The number of alkyl halides is 1. The van der Waals surface area contributed by atoms with E-state index in [9.17, 15) is 4.79 Å². The first-order chi connectivity index (χ1) is 8.19. The third kappa shape index (κ3) is 3.07. The zero-order valence-corrected chi connectivity index (χ0v) is 11.3. The molecule has 2 rings (SSSR count). The number of hydrogen-bond acceptors (Lipinski definition) is 1. The van der Waals surface area contributed by atoms with Crippen LogP contribution in [0.25, 0.3) is 0 Å². The minimum absolute atomic E-state index is 0.0305. The van der Waals surface area contributed by atoms with Crippen LogP contribution in [0.5, 0.6) is 0 Å². The summed E-state index contributed by atoms with van der Waals surface area (Å²) in [6, 6.07) is 12.0. The molecular formula is C14H14BrNO. The number of hydrogen-bond donors (Lipinski definition) is 0. The van der Waals surface area contributed by atoms with E-state index in [0.717, 1.165) is 17.3 Å². The van der Waals surface area contributed by atoms with Gasteiger partial charge in [-0.05, 0) is 23.1 Å². The molecule has 0 saturated heterocycles. The maximum absolute atomic E-state index is 11.3. The Kier molecular flexibility index (Phi) is 3.79. The molecule has 0 saturated carbocycles. The van der Waals surface area contributed by atoms with E-state index in [1.807, 2.05) is 12.3 Å². The van der Waals surface area contributed by atoms with Crippen molar-refractivity contribution in [3.05, 3.63) is 69.6 Å². The molecule has 0 bridgehead atoms. The molecule has 17 heavy (non-hydrogen) atoms. The van der Waals surface area contributed by atoms with Crippen molar-refractivity contribution in [3.63, 3.8) is 0 Å². The van der Waals surface area contributed by atoms with Crippen LogP contribution in [0.1, 0.15) is 16.7 Å². The number of halogens is 1. The van der Waals surface area contributed by atoms with Gasteiger partial charge in [0.15, 0.2) is 0 Å². The van der Waals surface area contributed by atoms with Crippen LogP contribution in [-0.4, -0.2) is 4.57 Å². The van der Waals surface area contributed by atoms with E-state index in [0.29, 0.717) is 0 Å². The Bertz CT molecular complexity index is 574. The summed E-state index contributed by atoms with van der Waals surface area (Å²) in [5.41, 5.74) is 3.72. The minimum Gasteiger partial charge on any atom is -0.318 e. The Morgan fingerprint density at radius 2 is 1.88 bits per heavy atom. The Morgan fingerprint density at radius 1 is 1.12 bits per heavy atom. The number of pyridine rings is 1. The van der Waals surface area contributed by atoms with Gasteiger partial charge >= 0.3 is 0 Å². The highest BCUT2D eigenvalue weighted by molar-refractivity contribution is 9.08. The number of benzene rings is 1. The van der Waals surface area contributed by atoms with E-state index in [-0.39, 0.29) is 5.56 Å². The number of rotatable bonds is 3. The SMILES string of the molecule is Cn1cc(Cc2cccc(CBr)c2)ccc1=O. The zero-order valence-electron chi connectivity index (χ0n) is 9.69. The molecule has 1 aromatic carbocycles. The molecule has 0 fully saturated rings. The summed E-state index contributed by atoms with van der Waals surface area (Å²) < 4.78 is 1.61. The third-order valence-corrected chi connectivity index (χ3v) is 3.35. The Morgan fingerprint density at radius 3 is 2.59 bits per heavy atom. The van der Waals surface area contributed by atoms with Gasteiger partial charge in [0, 0.05) is 24.6 Å². The van der Waals surface area contributed by atoms with Crippen molar-refractivity contribution in [2.75, 3.05) is 0 Å². The predicted octanol–water partition coefficient (Wildman–Crippen LogP) is 2.87. The van der Waals surface area contributed by atoms with Gasteiger partial charge in [-0.1, -0.05) is 46.3 Å². The van der Waals surface area contributed by atoms with Gasteiger partial charge in [-0.15, -0.1) is 0 Å². The number of aromatic nitrogens is 1. The first kappa shape index (κ1) is 12.1. The molecule has 0 unspecified atom stereocenters. The highest BCUT2D eigenvalue weighted by Gasteiger charge is 1.99. The van der Waals surface area contributed by atoms with E-state index in [4.69, 9.17) is 0 Å². The molecule has 0 aliphatic heterocycles. The van der Waals surface area contributed by atoms with Gasteiger partial charge in [0.25, 0.3) is 0 Å². The molecular weight excluding hydrogens is 278 g/mol. The van der Waals surface area contributed by atoms with Crippen LogP contribution in [0.4, 0.5) is 0 Å². The molecule has 0 amide bonds. The largest absolute Gasteiger partial charge is 0.318 e. The summed E-state index contributed by atoms with van der Waals surface area (Å²) in [6.07, 6.45) is 2.75. The molecule has 88 valence electrons. The van der Waals surface area contributed by atoms with Crippen LogP contribution < -0.4 is 5.56 Å². The van der Waals surface area contributed by atoms with Crippen LogP contribution >= 0.6 is 15.9 Å². The third-order valence-electron chi connectivity index (χ3n) is 2.70. The topological polar surface area (TPSA) is 22.0 Å². The monoisotopic (exact) mass is 291 g/mol. The zero-order chi connectivity index (χ0) is 12.3. The molecule has 3 heteroatoms. The lowest BCUT2D eigenvalue weighted by Gasteiger charge is -2.05. The van der Waals surface area contributed by atoms with Crippen molar-refractivity contribution < 1.29 is 0 Å².